The van der Waals surface area contributed by atoms with Crippen LogP contribution < -0.4 is 0 Å². The number of nitrogens with zero attached hydrogens (tertiary/aromatic N) is 1. The molecule has 2 heteroatoms. The van der Waals surface area contributed by atoms with E-state index in [1.807, 2.05) is 12.1 Å². The highest BCUT2D eigenvalue weighted by molar-refractivity contribution is 5.43. The third-order valence-electron chi connectivity index (χ3n) is 3.36. The van der Waals surface area contributed by atoms with Crippen LogP contribution in [-0.4, -0.2) is 10.1 Å². The van der Waals surface area contributed by atoms with Crippen LogP contribution in [0.3, 0.4) is 0 Å². The number of benzene rings is 1. The predicted octanol–water partition coefficient (Wildman–Crippen LogP) is 3.07. The van der Waals surface area contributed by atoms with Crippen LogP contribution in [0.5, 0.6) is 5.75 Å². The second kappa shape index (κ2) is 5.16. The van der Waals surface area contributed by atoms with Crippen LogP contribution in [0.4, 0.5) is 0 Å². The van der Waals surface area contributed by atoms with Gasteiger partial charge in [-0.3, -0.25) is 0 Å². The molecule has 1 heterocycles. The molecular weight excluding hydrogens is 234 g/mol. The number of fused-ring (bicyclic) bond motifs is 1. The van der Waals surface area contributed by atoms with Gasteiger partial charge in [0.05, 0.1) is 0 Å². The first-order valence-corrected chi connectivity index (χ1v) is 6.61. The normalized spacial score (nSPS) is 13.3. The van der Waals surface area contributed by atoms with Crippen LogP contribution in [0.25, 0.3) is 0 Å². The number of aromatic hydroxyl groups is 1. The summed E-state index contributed by atoms with van der Waals surface area (Å²) >= 11 is 0. The van der Waals surface area contributed by atoms with Crippen LogP contribution in [0.15, 0.2) is 36.4 Å². The zero-order chi connectivity index (χ0) is 13.1. The topological polar surface area (TPSA) is 33.1 Å². The molecule has 1 N–H and O–H groups in total. The van der Waals surface area contributed by atoms with E-state index in [0.717, 1.165) is 24.1 Å². The fourth-order valence-electron chi connectivity index (χ4n) is 2.37. The zero-order valence-electron chi connectivity index (χ0n) is 10.7. The molecule has 0 atom stereocenters. The second-order valence-electron chi connectivity index (χ2n) is 4.81. The summed E-state index contributed by atoms with van der Waals surface area (Å²) in [6, 6.07) is 11.1. The number of rotatable bonds is 0. The first kappa shape index (κ1) is 11.8. The van der Waals surface area contributed by atoms with E-state index in [1.54, 1.807) is 18.2 Å². The van der Waals surface area contributed by atoms with Crippen molar-refractivity contribution < 1.29 is 5.11 Å². The Hall–Kier alpha value is -2.27. The quantitative estimate of drug-likeness (QED) is 0.728. The Morgan fingerprint density at radius 1 is 1.00 bits per heavy atom. The number of hydrogen-bond acceptors (Lipinski definition) is 2. The Bertz CT molecular complexity index is 664. The monoisotopic (exact) mass is 249 g/mol. The molecule has 0 unspecified atom stereocenters. The van der Waals surface area contributed by atoms with Crippen molar-refractivity contribution in [3.63, 3.8) is 0 Å². The Kier molecular flexibility index (Phi) is 3.20. The molecule has 1 aromatic carbocycles. The number of aryl methyl sites for hydroxylation is 2. The van der Waals surface area contributed by atoms with Gasteiger partial charge < -0.3 is 5.11 Å². The molecule has 1 aliphatic carbocycles. The van der Waals surface area contributed by atoms with Gasteiger partial charge in [0, 0.05) is 11.3 Å². The van der Waals surface area contributed by atoms with Crippen LogP contribution in [-0.2, 0) is 12.8 Å². The Labute approximate surface area is 113 Å². The number of pyridine rings is 1. The number of phenols is 1. The van der Waals surface area contributed by atoms with Gasteiger partial charge in [-0.05, 0) is 61.4 Å². The molecule has 0 aliphatic heterocycles. The molecule has 3 rings (SSSR count). The van der Waals surface area contributed by atoms with Crippen LogP contribution in [0.1, 0.15) is 35.4 Å². The fourth-order valence-corrected chi connectivity index (χ4v) is 2.37. The highest BCUT2D eigenvalue weighted by atomic mass is 16.3. The number of aromatic nitrogens is 1. The lowest BCUT2D eigenvalue weighted by molar-refractivity contribution is 0.475. The molecule has 2 nitrogen and oxygen atoms in total. The van der Waals surface area contributed by atoms with Gasteiger partial charge in [0.1, 0.15) is 11.4 Å². The van der Waals surface area contributed by atoms with E-state index in [1.165, 1.54) is 24.1 Å². The fraction of sp³-hybridized carbons (Fsp3) is 0.235. The highest BCUT2D eigenvalue weighted by Gasteiger charge is 2.09. The summed E-state index contributed by atoms with van der Waals surface area (Å²) in [7, 11) is 0. The van der Waals surface area contributed by atoms with Crippen molar-refractivity contribution in [2.24, 2.45) is 0 Å². The minimum absolute atomic E-state index is 0.241. The molecule has 1 aliphatic rings. The lowest BCUT2D eigenvalue weighted by Gasteiger charge is -2.13. The van der Waals surface area contributed by atoms with E-state index < -0.39 is 0 Å². The van der Waals surface area contributed by atoms with Crippen molar-refractivity contribution in [2.45, 2.75) is 25.7 Å². The maximum absolute atomic E-state index is 9.38. The highest BCUT2D eigenvalue weighted by Crippen LogP contribution is 2.19. The van der Waals surface area contributed by atoms with Gasteiger partial charge in [-0.15, -0.1) is 0 Å². The SMILES string of the molecule is Oc1cccc(C#Cc2ccc3c(n2)CCCC3)c1. The maximum atomic E-state index is 9.38. The van der Waals surface area contributed by atoms with Gasteiger partial charge in [-0.25, -0.2) is 4.98 Å². The minimum atomic E-state index is 0.241. The van der Waals surface area contributed by atoms with Crippen LogP contribution in [0.2, 0.25) is 0 Å². The Balaban J connectivity index is 1.88. The third-order valence-corrected chi connectivity index (χ3v) is 3.36. The zero-order valence-corrected chi connectivity index (χ0v) is 10.7. The molecule has 0 fully saturated rings. The second-order valence-corrected chi connectivity index (χ2v) is 4.81. The molecule has 94 valence electrons. The molecule has 0 saturated carbocycles. The molecule has 0 radical (unpaired) electrons. The van der Waals surface area contributed by atoms with E-state index >= 15 is 0 Å². The molecule has 1 aromatic heterocycles. The van der Waals surface area contributed by atoms with Gasteiger partial charge in [0.25, 0.3) is 0 Å². The number of phenolic OH excluding ortho intramolecular Hbond substituents is 1. The van der Waals surface area contributed by atoms with E-state index in [-0.39, 0.29) is 5.75 Å². The minimum Gasteiger partial charge on any atom is -0.508 e. The summed E-state index contributed by atoms with van der Waals surface area (Å²) in [5.74, 6) is 6.34. The molecular formula is C17H15NO. The predicted molar refractivity (Wildman–Crippen MR) is 75.0 cm³/mol. The van der Waals surface area contributed by atoms with Crippen molar-refractivity contribution >= 4 is 0 Å². The first-order chi connectivity index (χ1) is 9.31. The summed E-state index contributed by atoms with van der Waals surface area (Å²) < 4.78 is 0. The number of hydrogen-bond donors (Lipinski definition) is 1. The van der Waals surface area contributed by atoms with Gasteiger partial charge >= 0.3 is 0 Å². The summed E-state index contributed by atoms with van der Waals surface area (Å²) in [5.41, 5.74) is 4.19. The van der Waals surface area contributed by atoms with Crippen molar-refractivity contribution in [3.8, 4) is 17.6 Å². The van der Waals surface area contributed by atoms with Gasteiger partial charge in [-0.1, -0.05) is 18.1 Å². The standard InChI is InChI=1S/C17H15NO/c19-16-6-3-4-13(12-16)8-10-15-11-9-14-5-1-2-7-17(14)18-15/h3-4,6,9,11-12,19H,1-2,5,7H2. The summed E-state index contributed by atoms with van der Waals surface area (Å²) in [6.07, 6.45) is 4.70. The molecule has 19 heavy (non-hydrogen) atoms. The van der Waals surface area contributed by atoms with Gasteiger partial charge in [-0.2, -0.15) is 0 Å². The molecule has 0 bridgehead atoms. The third kappa shape index (κ3) is 2.77. The van der Waals surface area contributed by atoms with Crippen LogP contribution in [0, 0.1) is 11.8 Å². The summed E-state index contributed by atoms with van der Waals surface area (Å²) in [5, 5.41) is 9.38. The van der Waals surface area contributed by atoms with Gasteiger partial charge in [0.15, 0.2) is 0 Å². The Morgan fingerprint density at radius 3 is 2.79 bits per heavy atom. The molecule has 2 aromatic rings. The lowest BCUT2D eigenvalue weighted by Crippen LogP contribution is -2.05. The van der Waals surface area contributed by atoms with Gasteiger partial charge in [0.2, 0.25) is 0 Å². The van der Waals surface area contributed by atoms with E-state index in [9.17, 15) is 5.11 Å². The maximum Gasteiger partial charge on any atom is 0.116 e. The average molecular weight is 249 g/mol. The van der Waals surface area contributed by atoms with Crippen molar-refractivity contribution in [3.05, 3.63) is 58.9 Å². The van der Waals surface area contributed by atoms with E-state index in [4.69, 9.17) is 0 Å². The summed E-state index contributed by atoms with van der Waals surface area (Å²) in [6.45, 7) is 0. The van der Waals surface area contributed by atoms with Crippen LogP contribution >= 0.6 is 0 Å². The van der Waals surface area contributed by atoms with E-state index in [2.05, 4.69) is 22.9 Å². The van der Waals surface area contributed by atoms with E-state index in [0.29, 0.717) is 0 Å². The summed E-state index contributed by atoms with van der Waals surface area (Å²) in [4.78, 5) is 4.61. The lowest BCUT2D eigenvalue weighted by atomic mass is 9.96. The Morgan fingerprint density at radius 2 is 1.89 bits per heavy atom. The first-order valence-electron chi connectivity index (χ1n) is 6.61. The molecule has 0 spiro atoms. The van der Waals surface area contributed by atoms with Crippen molar-refractivity contribution in [1.29, 1.82) is 0 Å². The molecule has 0 amide bonds. The van der Waals surface area contributed by atoms with Crippen molar-refractivity contribution in [2.75, 3.05) is 0 Å². The molecule has 0 saturated heterocycles. The smallest absolute Gasteiger partial charge is 0.116 e. The largest absolute Gasteiger partial charge is 0.508 e. The van der Waals surface area contributed by atoms with Crippen molar-refractivity contribution in [1.82, 2.24) is 4.98 Å². The average Bonchev–Trinajstić information content (AvgIpc) is 2.45.